The van der Waals surface area contributed by atoms with Crippen LogP contribution in [0.5, 0.6) is 0 Å². The summed E-state index contributed by atoms with van der Waals surface area (Å²) in [6, 6.07) is 65.4. The second-order valence-corrected chi connectivity index (χ2v) is 13.4. The first-order valence-corrected chi connectivity index (χ1v) is 16.8. The van der Waals surface area contributed by atoms with Gasteiger partial charge in [0.25, 0.3) is 0 Å². The molecule has 0 aliphatic heterocycles. The molecule has 0 bridgehead atoms. The smallest absolute Gasteiger partial charge is 0.0435 e. The van der Waals surface area contributed by atoms with Gasteiger partial charge < -0.3 is 0 Å². The third kappa shape index (κ3) is 3.90. The molecule has 0 aromatic heterocycles. The fourth-order valence-corrected chi connectivity index (χ4v) is 8.44. The highest BCUT2D eigenvalue weighted by molar-refractivity contribution is 6.20. The zero-order chi connectivity index (χ0) is 31.8. The number of hydrogen-bond acceptors (Lipinski definition) is 0. The molecular formula is C48H32. The molecule has 0 fully saturated rings. The summed E-state index contributed by atoms with van der Waals surface area (Å²) in [5.41, 5.74) is 11.5. The summed E-state index contributed by atoms with van der Waals surface area (Å²) >= 11 is 0. The monoisotopic (exact) mass is 608 g/mol. The van der Waals surface area contributed by atoms with Gasteiger partial charge >= 0.3 is 0 Å². The first-order valence-electron chi connectivity index (χ1n) is 16.8. The first kappa shape index (κ1) is 27.2. The molecule has 0 radical (unpaired) electrons. The van der Waals surface area contributed by atoms with Crippen LogP contribution in [0.4, 0.5) is 0 Å². The summed E-state index contributed by atoms with van der Waals surface area (Å²) in [5.74, 6) is 0. The third-order valence-corrected chi connectivity index (χ3v) is 10.9. The van der Waals surface area contributed by atoms with Crippen molar-refractivity contribution in [3.63, 3.8) is 0 Å². The average Bonchev–Trinajstić information content (AvgIpc) is 3.40. The van der Waals surface area contributed by atoms with Crippen LogP contribution in [0.1, 0.15) is 23.6 Å². The van der Waals surface area contributed by atoms with E-state index in [0.29, 0.717) is 0 Å². The van der Waals surface area contributed by atoms with Crippen LogP contribution in [-0.2, 0) is 5.41 Å². The molecule has 224 valence electrons. The van der Waals surface area contributed by atoms with E-state index in [1.165, 1.54) is 93.2 Å². The molecule has 9 aromatic carbocycles. The summed E-state index contributed by atoms with van der Waals surface area (Å²) < 4.78 is 0. The molecule has 0 amide bonds. The molecule has 1 atom stereocenters. The summed E-state index contributed by atoms with van der Waals surface area (Å²) in [7, 11) is 0. The zero-order valence-electron chi connectivity index (χ0n) is 26.7. The lowest BCUT2D eigenvalue weighted by Gasteiger charge is -2.29. The second kappa shape index (κ2) is 10.3. The van der Waals surface area contributed by atoms with E-state index >= 15 is 0 Å². The fourth-order valence-electron chi connectivity index (χ4n) is 8.44. The highest BCUT2D eigenvalue weighted by Gasteiger charge is 2.41. The summed E-state index contributed by atoms with van der Waals surface area (Å²) in [5, 5.41) is 10.3. The predicted octanol–water partition coefficient (Wildman–Crippen LogP) is 13.0. The maximum Gasteiger partial charge on any atom is 0.0435 e. The summed E-state index contributed by atoms with van der Waals surface area (Å²) in [6.07, 6.45) is 0. The van der Waals surface area contributed by atoms with Crippen LogP contribution in [0.25, 0.3) is 76.5 Å². The Kier molecular flexibility index (Phi) is 5.81. The topological polar surface area (TPSA) is 0 Å². The van der Waals surface area contributed by atoms with E-state index in [0.717, 1.165) is 0 Å². The van der Waals surface area contributed by atoms with Gasteiger partial charge in [-0.3, -0.25) is 0 Å². The molecule has 0 saturated carbocycles. The molecule has 0 heteroatoms. The highest BCUT2D eigenvalue weighted by atomic mass is 14.4. The maximum atomic E-state index is 2.45. The van der Waals surface area contributed by atoms with E-state index in [4.69, 9.17) is 0 Å². The number of hydrogen-bond donors (Lipinski definition) is 0. The molecule has 0 saturated heterocycles. The van der Waals surface area contributed by atoms with Gasteiger partial charge in [-0.1, -0.05) is 152 Å². The van der Waals surface area contributed by atoms with Gasteiger partial charge in [-0.25, -0.2) is 0 Å². The Labute approximate surface area is 280 Å². The molecule has 1 unspecified atom stereocenters. The van der Waals surface area contributed by atoms with Gasteiger partial charge in [0.15, 0.2) is 0 Å². The normalized spacial score (nSPS) is 15.3. The van der Waals surface area contributed by atoms with E-state index in [1.807, 2.05) is 0 Å². The number of fused-ring (bicyclic) bond motifs is 8. The first-order chi connectivity index (χ1) is 23.7. The van der Waals surface area contributed by atoms with Crippen LogP contribution in [0.2, 0.25) is 0 Å². The van der Waals surface area contributed by atoms with Crippen LogP contribution < -0.4 is 0 Å². The van der Waals surface area contributed by atoms with Crippen molar-refractivity contribution in [1.82, 2.24) is 0 Å². The minimum absolute atomic E-state index is 0.253. The largest absolute Gasteiger partial charge is 0.0622 e. The van der Waals surface area contributed by atoms with E-state index in [9.17, 15) is 0 Å². The lowest BCUT2D eigenvalue weighted by atomic mass is 9.73. The van der Waals surface area contributed by atoms with Crippen molar-refractivity contribution in [3.8, 4) is 33.4 Å². The minimum Gasteiger partial charge on any atom is -0.0622 e. The molecule has 9 aromatic rings. The molecule has 0 N–H and O–H groups in total. The Hall–Kier alpha value is -5.98. The average molecular weight is 609 g/mol. The van der Waals surface area contributed by atoms with E-state index in [-0.39, 0.29) is 5.41 Å². The molecule has 10 rings (SSSR count). The van der Waals surface area contributed by atoms with Crippen molar-refractivity contribution in [2.45, 2.75) is 12.3 Å². The van der Waals surface area contributed by atoms with Gasteiger partial charge in [0.05, 0.1) is 0 Å². The number of rotatable bonds is 3. The second-order valence-electron chi connectivity index (χ2n) is 13.4. The van der Waals surface area contributed by atoms with Crippen molar-refractivity contribution in [1.29, 1.82) is 0 Å². The predicted molar refractivity (Wildman–Crippen MR) is 205 cm³/mol. The van der Waals surface area contributed by atoms with Crippen LogP contribution >= 0.6 is 0 Å². The van der Waals surface area contributed by atoms with Gasteiger partial charge in [0.1, 0.15) is 0 Å². The SMILES string of the molecule is CC1(c2ccccc2)c2cc(-c3ccc(-c4c5ccccc5cc5c4ccc4ccccc45)cc3)ccc2-c2cc3ccccc3cc21. The molecule has 1 aliphatic rings. The quantitative estimate of drug-likeness (QED) is 0.138. The molecule has 1 aliphatic carbocycles. The van der Waals surface area contributed by atoms with Crippen LogP contribution in [0.3, 0.4) is 0 Å². The number of benzene rings is 9. The van der Waals surface area contributed by atoms with Crippen LogP contribution in [0.15, 0.2) is 176 Å². The lowest BCUT2D eigenvalue weighted by Crippen LogP contribution is -2.22. The van der Waals surface area contributed by atoms with Crippen molar-refractivity contribution in [3.05, 3.63) is 193 Å². The fraction of sp³-hybridized carbons (Fsp3) is 0.0417. The van der Waals surface area contributed by atoms with Gasteiger partial charge in [0.2, 0.25) is 0 Å². The molecule has 0 nitrogen and oxygen atoms in total. The highest BCUT2D eigenvalue weighted by Crippen LogP contribution is 2.54. The van der Waals surface area contributed by atoms with Crippen molar-refractivity contribution >= 4 is 43.1 Å². The minimum atomic E-state index is -0.253. The van der Waals surface area contributed by atoms with Crippen LogP contribution in [0, 0.1) is 0 Å². The van der Waals surface area contributed by atoms with Gasteiger partial charge in [-0.2, -0.15) is 0 Å². The van der Waals surface area contributed by atoms with Crippen molar-refractivity contribution in [2.24, 2.45) is 0 Å². The standard InChI is InChI=1S/C48H32/c1-48(38-15-3-2-4-16-38)45-30-36(24-25-41(45)44-27-34-12-5-6-13-35(34)29-46(44)48)31-19-21-33(22-20-31)47-40-18-10-8-14-37(40)28-43-39-17-9-7-11-32(39)23-26-42(43)47/h2-30H,1H3. The van der Waals surface area contributed by atoms with Crippen molar-refractivity contribution < 1.29 is 0 Å². The Bertz CT molecular complexity index is 2720. The maximum absolute atomic E-state index is 2.45. The van der Waals surface area contributed by atoms with E-state index in [2.05, 4.69) is 183 Å². The Morgan fingerprint density at radius 2 is 0.938 bits per heavy atom. The van der Waals surface area contributed by atoms with E-state index < -0.39 is 0 Å². The molecule has 48 heavy (non-hydrogen) atoms. The van der Waals surface area contributed by atoms with Crippen molar-refractivity contribution in [2.75, 3.05) is 0 Å². The lowest BCUT2D eigenvalue weighted by molar-refractivity contribution is 0.715. The Morgan fingerprint density at radius 1 is 0.333 bits per heavy atom. The Balaban J connectivity index is 1.13. The molecule has 0 heterocycles. The zero-order valence-corrected chi connectivity index (χ0v) is 26.7. The van der Waals surface area contributed by atoms with Gasteiger partial charge in [-0.05, 0) is 124 Å². The van der Waals surface area contributed by atoms with Gasteiger partial charge in [0, 0.05) is 5.41 Å². The summed E-state index contributed by atoms with van der Waals surface area (Å²) in [4.78, 5) is 0. The molecule has 0 spiro atoms. The Morgan fingerprint density at radius 3 is 1.73 bits per heavy atom. The summed E-state index contributed by atoms with van der Waals surface area (Å²) in [6.45, 7) is 2.41. The third-order valence-electron chi connectivity index (χ3n) is 10.9. The van der Waals surface area contributed by atoms with Gasteiger partial charge in [-0.15, -0.1) is 0 Å². The van der Waals surface area contributed by atoms with Crippen LogP contribution in [-0.4, -0.2) is 0 Å². The molecular weight excluding hydrogens is 577 g/mol. The van der Waals surface area contributed by atoms with E-state index in [1.54, 1.807) is 0 Å².